The van der Waals surface area contributed by atoms with E-state index in [4.69, 9.17) is 0 Å². The SMILES string of the molecule is CNC(CSCC(=O)OC)c1ccc2ccccc2c1. The highest BCUT2D eigenvalue weighted by atomic mass is 32.2. The molecule has 2 aromatic carbocycles. The molecule has 1 unspecified atom stereocenters. The van der Waals surface area contributed by atoms with Gasteiger partial charge in [-0.05, 0) is 29.4 Å². The van der Waals surface area contributed by atoms with Crippen molar-refractivity contribution in [2.75, 3.05) is 25.7 Å². The van der Waals surface area contributed by atoms with Crippen molar-refractivity contribution in [2.24, 2.45) is 0 Å². The van der Waals surface area contributed by atoms with Crippen LogP contribution in [0.2, 0.25) is 0 Å². The van der Waals surface area contributed by atoms with Crippen LogP contribution in [-0.2, 0) is 9.53 Å². The number of nitrogens with one attached hydrogen (secondary N) is 1. The number of rotatable bonds is 6. The Hall–Kier alpha value is -1.52. The molecule has 106 valence electrons. The molecule has 20 heavy (non-hydrogen) atoms. The van der Waals surface area contributed by atoms with Gasteiger partial charge >= 0.3 is 5.97 Å². The summed E-state index contributed by atoms with van der Waals surface area (Å²) in [6, 6.07) is 15.0. The summed E-state index contributed by atoms with van der Waals surface area (Å²) in [6.45, 7) is 0. The number of carbonyl (C=O) groups excluding carboxylic acids is 1. The maximum Gasteiger partial charge on any atom is 0.315 e. The van der Waals surface area contributed by atoms with E-state index in [0.29, 0.717) is 5.75 Å². The van der Waals surface area contributed by atoms with Crippen LogP contribution in [0.4, 0.5) is 0 Å². The van der Waals surface area contributed by atoms with Crippen LogP contribution in [0.25, 0.3) is 10.8 Å². The van der Waals surface area contributed by atoms with E-state index < -0.39 is 0 Å². The average molecular weight is 289 g/mol. The van der Waals surface area contributed by atoms with Gasteiger partial charge in [-0.2, -0.15) is 0 Å². The van der Waals surface area contributed by atoms with E-state index >= 15 is 0 Å². The summed E-state index contributed by atoms with van der Waals surface area (Å²) in [5.41, 5.74) is 1.24. The normalized spacial score (nSPS) is 12.3. The van der Waals surface area contributed by atoms with E-state index in [1.54, 1.807) is 11.8 Å². The Balaban J connectivity index is 2.07. The third-order valence-corrected chi connectivity index (χ3v) is 4.27. The van der Waals surface area contributed by atoms with Crippen molar-refractivity contribution < 1.29 is 9.53 Å². The minimum Gasteiger partial charge on any atom is -0.468 e. The van der Waals surface area contributed by atoms with E-state index in [-0.39, 0.29) is 12.0 Å². The lowest BCUT2D eigenvalue weighted by molar-refractivity contribution is -0.137. The van der Waals surface area contributed by atoms with Gasteiger partial charge in [0.1, 0.15) is 0 Å². The van der Waals surface area contributed by atoms with Crippen LogP contribution in [0.5, 0.6) is 0 Å². The van der Waals surface area contributed by atoms with Gasteiger partial charge in [0.25, 0.3) is 0 Å². The molecule has 2 aromatic rings. The number of esters is 1. The van der Waals surface area contributed by atoms with E-state index in [2.05, 4.69) is 40.4 Å². The van der Waals surface area contributed by atoms with E-state index in [9.17, 15) is 4.79 Å². The molecule has 3 nitrogen and oxygen atoms in total. The predicted octanol–water partition coefficient (Wildman–Crippen LogP) is 3.01. The van der Waals surface area contributed by atoms with Crippen molar-refractivity contribution in [3.05, 3.63) is 48.0 Å². The second-order valence-corrected chi connectivity index (χ2v) is 5.57. The molecule has 0 spiro atoms. The number of hydrogen-bond donors (Lipinski definition) is 1. The van der Waals surface area contributed by atoms with Crippen molar-refractivity contribution in [1.29, 1.82) is 0 Å². The van der Waals surface area contributed by atoms with Gasteiger partial charge in [0.2, 0.25) is 0 Å². The fourth-order valence-corrected chi connectivity index (χ4v) is 3.09. The molecular formula is C16H19NO2S. The Kier molecular flexibility index (Phi) is 5.44. The summed E-state index contributed by atoms with van der Waals surface area (Å²) in [4.78, 5) is 11.1. The van der Waals surface area contributed by atoms with Crippen molar-refractivity contribution in [3.63, 3.8) is 0 Å². The first-order chi connectivity index (χ1) is 9.74. The number of carbonyl (C=O) groups is 1. The molecule has 0 aliphatic heterocycles. The smallest absolute Gasteiger partial charge is 0.315 e. The first-order valence-electron chi connectivity index (χ1n) is 6.55. The van der Waals surface area contributed by atoms with Gasteiger partial charge in [-0.3, -0.25) is 4.79 Å². The largest absolute Gasteiger partial charge is 0.468 e. The van der Waals surface area contributed by atoms with E-state index in [0.717, 1.165) is 5.75 Å². The Morgan fingerprint density at radius 2 is 2.00 bits per heavy atom. The van der Waals surface area contributed by atoms with Gasteiger partial charge in [0.15, 0.2) is 0 Å². The molecule has 0 saturated heterocycles. The maximum atomic E-state index is 11.1. The lowest BCUT2D eigenvalue weighted by atomic mass is 10.0. The van der Waals surface area contributed by atoms with Gasteiger partial charge in [0, 0.05) is 11.8 Å². The van der Waals surface area contributed by atoms with Crippen LogP contribution in [0, 0.1) is 0 Å². The molecule has 4 heteroatoms. The lowest BCUT2D eigenvalue weighted by Crippen LogP contribution is -2.19. The van der Waals surface area contributed by atoms with Gasteiger partial charge in [-0.25, -0.2) is 0 Å². The molecule has 1 N–H and O–H groups in total. The zero-order chi connectivity index (χ0) is 14.4. The number of benzene rings is 2. The second kappa shape index (κ2) is 7.31. The van der Waals surface area contributed by atoms with Gasteiger partial charge in [-0.1, -0.05) is 36.4 Å². The molecule has 0 aromatic heterocycles. The fraction of sp³-hybridized carbons (Fsp3) is 0.312. The van der Waals surface area contributed by atoms with Crippen LogP contribution in [0.1, 0.15) is 11.6 Å². The fourth-order valence-electron chi connectivity index (χ4n) is 2.09. The minimum atomic E-state index is -0.177. The van der Waals surface area contributed by atoms with Crippen molar-refractivity contribution in [3.8, 4) is 0 Å². The average Bonchev–Trinajstić information content (AvgIpc) is 2.51. The molecule has 0 heterocycles. The van der Waals surface area contributed by atoms with E-state index in [1.165, 1.54) is 23.4 Å². The summed E-state index contributed by atoms with van der Waals surface area (Å²) in [7, 11) is 3.36. The Bertz CT molecular complexity index is 585. The van der Waals surface area contributed by atoms with Gasteiger partial charge in [0.05, 0.1) is 12.9 Å². The number of thioether (sulfide) groups is 1. The number of hydrogen-bond acceptors (Lipinski definition) is 4. The third-order valence-electron chi connectivity index (χ3n) is 3.26. The van der Waals surface area contributed by atoms with Crippen LogP contribution in [-0.4, -0.2) is 31.6 Å². The first kappa shape index (κ1) is 14.9. The summed E-state index contributed by atoms with van der Waals surface area (Å²) in [6.07, 6.45) is 0. The quantitative estimate of drug-likeness (QED) is 0.830. The Morgan fingerprint density at radius 1 is 1.25 bits per heavy atom. The highest BCUT2D eigenvalue weighted by Gasteiger charge is 2.11. The molecule has 0 fully saturated rings. The number of fused-ring (bicyclic) bond motifs is 1. The summed E-state index contributed by atoms with van der Waals surface area (Å²) < 4.78 is 4.65. The van der Waals surface area contributed by atoms with Crippen molar-refractivity contribution in [1.82, 2.24) is 5.32 Å². The summed E-state index contributed by atoms with van der Waals surface area (Å²) >= 11 is 1.58. The van der Waals surface area contributed by atoms with E-state index in [1.807, 2.05) is 19.2 Å². The summed E-state index contributed by atoms with van der Waals surface area (Å²) in [5, 5.41) is 5.78. The van der Waals surface area contributed by atoms with Gasteiger partial charge < -0.3 is 10.1 Å². The molecule has 2 rings (SSSR count). The monoisotopic (exact) mass is 289 g/mol. The van der Waals surface area contributed by atoms with Crippen molar-refractivity contribution in [2.45, 2.75) is 6.04 Å². The minimum absolute atomic E-state index is 0.177. The van der Waals surface area contributed by atoms with Crippen molar-refractivity contribution >= 4 is 28.5 Å². The predicted molar refractivity (Wildman–Crippen MR) is 85.1 cm³/mol. The molecule has 0 amide bonds. The van der Waals surface area contributed by atoms with Crippen LogP contribution in [0.15, 0.2) is 42.5 Å². The Labute approximate surface area is 123 Å². The van der Waals surface area contributed by atoms with Gasteiger partial charge in [-0.15, -0.1) is 11.8 Å². The molecule has 1 atom stereocenters. The molecule has 0 aliphatic carbocycles. The van der Waals surface area contributed by atoms with Crippen LogP contribution in [0.3, 0.4) is 0 Å². The zero-order valence-corrected chi connectivity index (χ0v) is 12.6. The molecular weight excluding hydrogens is 270 g/mol. The first-order valence-corrected chi connectivity index (χ1v) is 7.70. The van der Waals surface area contributed by atoms with Crippen LogP contribution >= 0.6 is 11.8 Å². The van der Waals surface area contributed by atoms with Crippen LogP contribution < -0.4 is 5.32 Å². The number of methoxy groups -OCH3 is 1. The standard InChI is InChI=1S/C16H19NO2S/c1-17-15(10-20-11-16(18)19-2)14-8-7-12-5-3-4-6-13(12)9-14/h3-9,15,17H,10-11H2,1-2H3. The third kappa shape index (κ3) is 3.74. The maximum absolute atomic E-state index is 11.1. The second-order valence-electron chi connectivity index (χ2n) is 4.54. The lowest BCUT2D eigenvalue weighted by Gasteiger charge is -2.16. The topological polar surface area (TPSA) is 38.3 Å². The summed E-state index contributed by atoms with van der Waals surface area (Å²) in [5.74, 6) is 1.05. The molecule has 0 radical (unpaired) electrons. The zero-order valence-electron chi connectivity index (χ0n) is 11.8. The molecule has 0 aliphatic rings. The molecule has 0 saturated carbocycles. The Morgan fingerprint density at radius 3 is 2.70 bits per heavy atom. The highest BCUT2D eigenvalue weighted by molar-refractivity contribution is 7.99. The molecule has 0 bridgehead atoms. The highest BCUT2D eigenvalue weighted by Crippen LogP contribution is 2.23. The number of ether oxygens (including phenoxy) is 1.